The van der Waals surface area contributed by atoms with Crippen LogP contribution in [0.5, 0.6) is 0 Å². The third-order valence-electron chi connectivity index (χ3n) is 2.41. The number of rotatable bonds is 1. The van der Waals surface area contributed by atoms with Gasteiger partial charge in [0.15, 0.2) is 0 Å². The van der Waals surface area contributed by atoms with Gasteiger partial charge >= 0.3 is 5.97 Å². The summed E-state index contributed by atoms with van der Waals surface area (Å²) >= 11 is 0. The van der Waals surface area contributed by atoms with Crippen LogP contribution >= 0.6 is 0 Å². The quantitative estimate of drug-likeness (QED) is 0.707. The van der Waals surface area contributed by atoms with E-state index >= 15 is 0 Å². The van der Waals surface area contributed by atoms with E-state index in [9.17, 15) is 9.18 Å². The van der Waals surface area contributed by atoms with Crippen molar-refractivity contribution in [2.75, 3.05) is 6.54 Å². The average molecular weight is 195 g/mol. The fourth-order valence-corrected chi connectivity index (χ4v) is 1.75. The van der Waals surface area contributed by atoms with Gasteiger partial charge in [-0.15, -0.1) is 0 Å². The fourth-order valence-electron chi connectivity index (χ4n) is 1.75. The average Bonchev–Trinajstić information content (AvgIpc) is 2.16. The molecule has 0 saturated heterocycles. The molecule has 0 fully saturated rings. The minimum Gasteiger partial charge on any atom is -0.478 e. The van der Waals surface area contributed by atoms with Crippen LogP contribution < -0.4 is 5.32 Å². The van der Waals surface area contributed by atoms with Crippen molar-refractivity contribution in [1.29, 1.82) is 0 Å². The normalized spacial score (nSPS) is 14.9. The van der Waals surface area contributed by atoms with Crippen LogP contribution in [-0.4, -0.2) is 17.6 Å². The van der Waals surface area contributed by atoms with Crippen LogP contribution in [0, 0.1) is 5.82 Å². The first-order valence-electron chi connectivity index (χ1n) is 4.44. The number of aromatic carboxylic acids is 1. The Kier molecular flexibility index (Phi) is 2.21. The maximum absolute atomic E-state index is 13.0. The molecule has 3 nitrogen and oxygen atoms in total. The number of nitrogens with one attached hydrogen (secondary N) is 1. The van der Waals surface area contributed by atoms with Crippen LogP contribution in [0.25, 0.3) is 0 Å². The van der Waals surface area contributed by atoms with E-state index < -0.39 is 11.8 Å². The summed E-state index contributed by atoms with van der Waals surface area (Å²) in [6, 6.07) is 2.50. The first kappa shape index (κ1) is 9.15. The predicted octanol–water partition coefficient (Wildman–Crippen LogP) is 1.17. The van der Waals surface area contributed by atoms with Crippen LogP contribution in [0.2, 0.25) is 0 Å². The van der Waals surface area contributed by atoms with Gasteiger partial charge in [0.2, 0.25) is 0 Å². The van der Waals surface area contributed by atoms with Gasteiger partial charge in [0.1, 0.15) is 5.82 Å². The fraction of sp³-hybridized carbons (Fsp3) is 0.300. The monoisotopic (exact) mass is 195 g/mol. The van der Waals surface area contributed by atoms with E-state index in [1.54, 1.807) is 0 Å². The topological polar surface area (TPSA) is 49.3 Å². The van der Waals surface area contributed by atoms with Crippen LogP contribution in [0.1, 0.15) is 21.5 Å². The molecule has 0 aliphatic carbocycles. The lowest BCUT2D eigenvalue weighted by molar-refractivity contribution is 0.0694. The molecule has 1 aliphatic rings. The number of halogens is 1. The Morgan fingerprint density at radius 3 is 3.00 bits per heavy atom. The van der Waals surface area contributed by atoms with E-state index in [1.165, 1.54) is 6.07 Å². The summed E-state index contributed by atoms with van der Waals surface area (Å²) in [5.74, 6) is -1.53. The second kappa shape index (κ2) is 3.38. The van der Waals surface area contributed by atoms with Gasteiger partial charge in [0.25, 0.3) is 0 Å². The Balaban J connectivity index is 2.58. The minimum atomic E-state index is -1.07. The molecule has 0 radical (unpaired) electrons. The molecule has 0 bridgehead atoms. The molecule has 1 heterocycles. The zero-order valence-electron chi connectivity index (χ0n) is 7.51. The second-order valence-corrected chi connectivity index (χ2v) is 3.32. The third-order valence-corrected chi connectivity index (χ3v) is 2.41. The third kappa shape index (κ3) is 1.48. The van der Waals surface area contributed by atoms with E-state index in [0.29, 0.717) is 18.5 Å². The van der Waals surface area contributed by atoms with Crippen molar-refractivity contribution >= 4 is 5.97 Å². The number of hydrogen-bond acceptors (Lipinski definition) is 2. The molecule has 74 valence electrons. The molecule has 0 saturated carbocycles. The molecular formula is C10H10FNO2. The number of fused-ring (bicyclic) bond motifs is 1. The summed E-state index contributed by atoms with van der Waals surface area (Å²) < 4.78 is 13.0. The minimum absolute atomic E-state index is 0.0761. The van der Waals surface area contributed by atoms with Crippen molar-refractivity contribution in [3.05, 3.63) is 34.6 Å². The molecule has 0 unspecified atom stereocenters. The van der Waals surface area contributed by atoms with Crippen molar-refractivity contribution in [1.82, 2.24) is 5.32 Å². The smallest absolute Gasteiger partial charge is 0.336 e. The number of carboxylic acid groups (broad SMARTS) is 1. The molecule has 0 atom stereocenters. The Morgan fingerprint density at radius 2 is 2.29 bits per heavy atom. The summed E-state index contributed by atoms with van der Waals surface area (Å²) in [5.41, 5.74) is 1.60. The molecule has 4 heteroatoms. The summed E-state index contributed by atoms with van der Waals surface area (Å²) in [6.07, 6.45) is 0.688. The number of carbonyl (C=O) groups is 1. The molecule has 0 amide bonds. The van der Waals surface area contributed by atoms with Gasteiger partial charge in [-0.25, -0.2) is 9.18 Å². The Morgan fingerprint density at radius 1 is 1.50 bits per heavy atom. The van der Waals surface area contributed by atoms with Crippen molar-refractivity contribution in [3.8, 4) is 0 Å². The lowest BCUT2D eigenvalue weighted by Crippen LogP contribution is -2.26. The zero-order chi connectivity index (χ0) is 10.1. The zero-order valence-corrected chi connectivity index (χ0v) is 7.51. The van der Waals surface area contributed by atoms with E-state index in [0.717, 1.165) is 18.2 Å². The van der Waals surface area contributed by atoms with Gasteiger partial charge < -0.3 is 10.4 Å². The van der Waals surface area contributed by atoms with Crippen molar-refractivity contribution < 1.29 is 14.3 Å². The van der Waals surface area contributed by atoms with Gasteiger partial charge in [0, 0.05) is 6.54 Å². The van der Waals surface area contributed by atoms with Gasteiger partial charge in [-0.05, 0) is 36.2 Å². The maximum Gasteiger partial charge on any atom is 0.336 e. The van der Waals surface area contributed by atoms with Crippen LogP contribution in [-0.2, 0) is 13.0 Å². The van der Waals surface area contributed by atoms with E-state index in [2.05, 4.69) is 5.32 Å². The highest BCUT2D eigenvalue weighted by Crippen LogP contribution is 2.20. The Hall–Kier alpha value is -1.42. The molecular weight excluding hydrogens is 185 g/mol. The van der Waals surface area contributed by atoms with Crippen molar-refractivity contribution in [2.45, 2.75) is 13.0 Å². The van der Waals surface area contributed by atoms with Crippen LogP contribution in [0.3, 0.4) is 0 Å². The number of carboxylic acids is 1. The van der Waals surface area contributed by atoms with Crippen molar-refractivity contribution in [3.63, 3.8) is 0 Å². The maximum atomic E-state index is 13.0. The standard InChI is InChI=1S/C10H10FNO2/c11-7-3-6-1-2-12-5-9(6)8(4-7)10(13)14/h3-4,12H,1-2,5H2,(H,13,14). The molecule has 1 aliphatic heterocycles. The van der Waals surface area contributed by atoms with E-state index in [1.807, 2.05) is 0 Å². The van der Waals surface area contributed by atoms with Crippen LogP contribution in [0.4, 0.5) is 4.39 Å². The second-order valence-electron chi connectivity index (χ2n) is 3.32. The predicted molar refractivity (Wildman–Crippen MR) is 48.8 cm³/mol. The molecule has 2 N–H and O–H groups in total. The van der Waals surface area contributed by atoms with Gasteiger partial charge in [-0.2, -0.15) is 0 Å². The summed E-state index contributed by atoms with van der Waals surface area (Å²) in [5, 5.41) is 11.9. The first-order valence-corrected chi connectivity index (χ1v) is 4.44. The highest BCUT2D eigenvalue weighted by molar-refractivity contribution is 5.89. The highest BCUT2D eigenvalue weighted by atomic mass is 19.1. The summed E-state index contributed by atoms with van der Waals surface area (Å²) in [4.78, 5) is 10.8. The lowest BCUT2D eigenvalue weighted by Gasteiger charge is -2.18. The molecule has 14 heavy (non-hydrogen) atoms. The lowest BCUT2D eigenvalue weighted by atomic mass is 9.96. The van der Waals surface area contributed by atoms with Crippen molar-refractivity contribution in [2.24, 2.45) is 0 Å². The molecule has 1 aromatic carbocycles. The molecule has 2 rings (SSSR count). The molecule has 1 aromatic rings. The summed E-state index contributed by atoms with van der Waals surface area (Å²) in [6.45, 7) is 1.28. The SMILES string of the molecule is O=C(O)c1cc(F)cc2c1CNCC2. The largest absolute Gasteiger partial charge is 0.478 e. The summed E-state index contributed by atoms with van der Waals surface area (Å²) in [7, 11) is 0. The van der Waals surface area contributed by atoms with Crippen LogP contribution in [0.15, 0.2) is 12.1 Å². The van der Waals surface area contributed by atoms with Gasteiger partial charge in [-0.3, -0.25) is 0 Å². The highest BCUT2D eigenvalue weighted by Gasteiger charge is 2.18. The van der Waals surface area contributed by atoms with Gasteiger partial charge in [0.05, 0.1) is 5.56 Å². The van der Waals surface area contributed by atoms with E-state index in [-0.39, 0.29) is 5.56 Å². The Labute approximate surface area is 80.6 Å². The van der Waals surface area contributed by atoms with E-state index in [4.69, 9.17) is 5.11 Å². The molecule has 0 spiro atoms. The van der Waals surface area contributed by atoms with Gasteiger partial charge in [-0.1, -0.05) is 0 Å². The first-order chi connectivity index (χ1) is 6.68. The number of hydrogen-bond donors (Lipinski definition) is 2. The number of benzene rings is 1. The molecule has 0 aromatic heterocycles. The Bertz CT molecular complexity index is 390.